The van der Waals surface area contributed by atoms with Crippen LogP contribution in [-0.4, -0.2) is 28.2 Å². The van der Waals surface area contributed by atoms with Gasteiger partial charge in [0.1, 0.15) is 5.60 Å². The SMILES string of the molecule is CC1=CC(C)(C)N(N)c2cc(C)c(C(=O)OC(C)(C)C)cc21.O=C(Cl)CCl. The van der Waals surface area contributed by atoms with Crippen molar-refractivity contribution < 1.29 is 14.3 Å². The third-order valence-electron chi connectivity index (χ3n) is 3.94. The molecule has 5 nitrogen and oxygen atoms in total. The molecule has 0 saturated heterocycles. The average molecular weight is 415 g/mol. The summed E-state index contributed by atoms with van der Waals surface area (Å²) in [6, 6.07) is 3.85. The molecule has 1 aliphatic heterocycles. The quantitative estimate of drug-likeness (QED) is 0.325. The smallest absolute Gasteiger partial charge is 0.338 e. The van der Waals surface area contributed by atoms with Crippen molar-refractivity contribution in [1.82, 2.24) is 0 Å². The molecule has 0 aromatic heterocycles. The van der Waals surface area contributed by atoms with Gasteiger partial charge in [-0.05, 0) is 83.3 Å². The van der Waals surface area contributed by atoms with Gasteiger partial charge in [0, 0.05) is 5.56 Å². The Morgan fingerprint density at radius 3 is 2.19 bits per heavy atom. The molecule has 0 spiro atoms. The maximum Gasteiger partial charge on any atom is 0.338 e. The molecule has 0 amide bonds. The van der Waals surface area contributed by atoms with E-state index in [1.807, 2.05) is 46.8 Å². The largest absolute Gasteiger partial charge is 0.456 e. The van der Waals surface area contributed by atoms with E-state index in [4.69, 9.17) is 33.8 Å². The molecule has 1 aliphatic rings. The highest BCUT2D eigenvalue weighted by Crippen LogP contribution is 2.38. The molecule has 2 N–H and O–H groups in total. The van der Waals surface area contributed by atoms with Crippen molar-refractivity contribution in [3.63, 3.8) is 0 Å². The zero-order chi connectivity index (χ0) is 21.2. The van der Waals surface area contributed by atoms with Gasteiger partial charge in [-0.3, -0.25) is 4.79 Å². The third-order valence-corrected chi connectivity index (χ3v) is 4.45. The van der Waals surface area contributed by atoms with Gasteiger partial charge in [-0.2, -0.15) is 0 Å². The van der Waals surface area contributed by atoms with E-state index in [0.717, 1.165) is 22.4 Å². The number of halogens is 2. The van der Waals surface area contributed by atoms with Crippen LogP contribution in [0.5, 0.6) is 0 Å². The first kappa shape index (κ1) is 23.5. The van der Waals surface area contributed by atoms with Crippen molar-refractivity contribution >= 4 is 45.7 Å². The lowest BCUT2D eigenvalue weighted by atomic mass is 9.88. The van der Waals surface area contributed by atoms with Crippen molar-refractivity contribution in [3.8, 4) is 0 Å². The Bertz CT molecular complexity index is 765. The van der Waals surface area contributed by atoms with Crippen LogP contribution in [0.15, 0.2) is 18.2 Å². The first-order valence-corrected chi connectivity index (χ1v) is 9.48. The molecule has 1 heterocycles. The highest BCUT2D eigenvalue weighted by atomic mass is 35.5. The van der Waals surface area contributed by atoms with Crippen LogP contribution in [0.4, 0.5) is 5.69 Å². The number of carbonyl (C=O) groups is 2. The second-order valence-electron chi connectivity index (χ2n) is 8.03. The first-order chi connectivity index (χ1) is 12.2. The number of hydrogen-bond donors (Lipinski definition) is 1. The lowest BCUT2D eigenvalue weighted by Gasteiger charge is -2.40. The molecule has 0 radical (unpaired) electrons. The molecular weight excluding hydrogens is 387 g/mol. The summed E-state index contributed by atoms with van der Waals surface area (Å²) in [6.45, 7) is 13.7. The lowest BCUT2D eigenvalue weighted by molar-refractivity contribution is -0.109. The number of nitrogens with zero attached hydrogens (tertiary/aromatic N) is 1. The van der Waals surface area contributed by atoms with Crippen LogP contribution in [0.2, 0.25) is 0 Å². The van der Waals surface area contributed by atoms with E-state index in [9.17, 15) is 9.59 Å². The molecule has 0 fully saturated rings. The minimum absolute atomic E-state index is 0.0957. The second kappa shape index (κ2) is 8.63. The zero-order valence-corrected chi connectivity index (χ0v) is 18.5. The number of nitrogens with two attached hydrogens (primary N) is 1. The number of benzene rings is 1. The number of ether oxygens (including phenoxy) is 1. The number of esters is 1. The van der Waals surface area contributed by atoms with E-state index in [2.05, 4.69) is 19.9 Å². The number of carbonyl (C=O) groups excluding carboxylic acids is 2. The minimum Gasteiger partial charge on any atom is -0.456 e. The second-order valence-corrected chi connectivity index (χ2v) is 8.71. The van der Waals surface area contributed by atoms with Crippen LogP contribution in [0, 0.1) is 6.92 Å². The van der Waals surface area contributed by atoms with Crippen LogP contribution in [-0.2, 0) is 9.53 Å². The van der Waals surface area contributed by atoms with Crippen molar-refractivity contribution in [2.75, 3.05) is 10.9 Å². The normalized spacial score (nSPS) is 15.2. The fourth-order valence-corrected chi connectivity index (χ4v) is 2.75. The molecule has 7 heteroatoms. The molecule has 0 unspecified atom stereocenters. The number of hydrogen-bond acceptors (Lipinski definition) is 5. The molecule has 0 aliphatic carbocycles. The Kier molecular flexibility index (Phi) is 7.51. The molecule has 150 valence electrons. The summed E-state index contributed by atoms with van der Waals surface area (Å²) in [6.07, 6.45) is 2.11. The van der Waals surface area contributed by atoms with Gasteiger partial charge in [-0.15, -0.1) is 11.6 Å². The highest BCUT2D eigenvalue weighted by Gasteiger charge is 2.31. The van der Waals surface area contributed by atoms with Gasteiger partial charge in [0.2, 0.25) is 5.24 Å². The van der Waals surface area contributed by atoms with Crippen molar-refractivity contribution in [2.45, 2.75) is 59.6 Å². The molecule has 1 aromatic rings. The fraction of sp³-hybridized carbons (Fsp3) is 0.500. The number of allylic oxidation sites excluding steroid dienone is 1. The van der Waals surface area contributed by atoms with Crippen LogP contribution < -0.4 is 10.9 Å². The van der Waals surface area contributed by atoms with E-state index in [1.165, 1.54) is 0 Å². The van der Waals surface area contributed by atoms with E-state index < -0.39 is 10.8 Å². The Morgan fingerprint density at radius 2 is 1.74 bits per heavy atom. The summed E-state index contributed by atoms with van der Waals surface area (Å²) in [5.41, 5.74) is 3.74. The number of hydrazine groups is 1. The van der Waals surface area contributed by atoms with Gasteiger partial charge in [-0.25, -0.2) is 10.6 Å². The maximum absolute atomic E-state index is 12.4. The number of aryl methyl sites for hydroxylation is 1. The Labute approximate surface area is 171 Å². The van der Waals surface area contributed by atoms with Gasteiger partial charge < -0.3 is 9.75 Å². The van der Waals surface area contributed by atoms with Gasteiger partial charge >= 0.3 is 5.97 Å². The van der Waals surface area contributed by atoms with Crippen LogP contribution in [0.25, 0.3) is 5.57 Å². The third kappa shape index (κ3) is 6.23. The monoisotopic (exact) mass is 414 g/mol. The predicted molar refractivity (Wildman–Crippen MR) is 112 cm³/mol. The standard InChI is InChI=1S/C18H26N2O2.C2H2Cl2O/c1-11-8-15-13(12(2)10-18(6,7)20(15)19)9-14(11)16(21)22-17(3,4)5;3-1-2(4)5/h8-10H,19H2,1-7H3;1H2. The fourth-order valence-electron chi connectivity index (χ4n) is 2.75. The Hall–Kier alpha value is -1.56. The average Bonchev–Trinajstić information content (AvgIpc) is 2.50. The van der Waals surface area contributed by atoms with E-state index in [1.54, 1.807) is 5.01 Å². The van der Waals surface area contributed by atoms with Gasteiger partial charge in [-0.1, -0.05) is 6.08 Å². The van der Waals surface area contributed by atoms with E-state index in [0.29, 0.717) is 5.56 Å². The van der Waals surface area contributed by atoms with E-state index >= 15 is 0 Å². The summed E-state index contributed by atoms with van der Waals surface area (Å²) >= 11 is 9.55. The molecule has 27 heavy (non-hydrogen) atoms. The van der Waals surface area contributed by atoms with Crippen LogP contribution in [0.1, 0.15) is 63.0 Å². The number of alkyl halides is 1. The molecule has 1 aromatic carbocycles. The molecule has 2 rings (SSSR count). The highest BCUT2D eigenvalue weighted by molar-refractivity contribution is 6.67. The first-order valence-electron chi connectivity index (χ1n) is 8.56. The number of rotatable bonds is 2. The van der Waals surface area contributed by atoms with Gasteiger partial charge in [0.15, 0.2) is 0 Å². The summed E-state index contributed by atoms with van der Waals surface area (Å²) in [7, 11) is 0. The van der Waals surface area contributed by atoms with Crippen molar-refractivity contribution in [2.24, 2.45) is 5.84 Å². The summed E-state index contributed by atoms with van der Waals surface area (Å²) in [5.74, 6) is 5.86. The summed E-state index contributed by atoms with van der Waals surface area (Å²) < 4.78 is 5.50. The summed E-state index contributed by atoms with van der Waals surface area (Å²) in [4.78, 5) is 21.8. The van der Waals surface area contributed by atoms with Crippen molar-refractivity contribution in [3.05, 3.63) is 34.9 Å². The minimum atomic E-state index is -0.508. The van der Waals surface area contributed by atoms with Crippen LogP contribution in [0.3, 0.4) is 0 Å². The van der Waals surface area contributed by atoms with Gasteiger partial charge in [0.05, 0.1) is 22.7 Å². The maximum atomic E-state index is 12.4. The molecule has 0 bridgehead atoms. The van der Waals surface area contributed by atoms with Crippen LogP contribution >= 0.6 is 23.2 Å². The zero-order valence-electron chi connectivity index (χ0n) is 16.9. The molecule has 0 saturated carbocycles. The van der Waals surface area contributed by atoms with Crippen molar-refractivity contribution in [1.29, 1.82) is 0 Å². The Morgan fingerprint density at radius 1 is 1.22 bits per heavy atom. The predicted octanol–water partition coefficient (Wildman–Crippen LogP) is 4.82. The topological polar surface area (TPSA) is 72.6 Å². The summed E-state index contributed by atoms with van der Waals surface area (Å²) in [5, 5.41) is 1.24. The molecule has 0 atom stereocenters. The lowest BCUT2D eigenvalue weighted by Crippen LogP contribution is -2.50. The number of anilines is 1. The van der Waals surface area contributed by atoms with E-state index in [-0.39, 0.29) is 17.4 Å². The van der Waals surface area contributed by atoms with Gasteiger partial charge in [0.25, 0.3) is 0 Å². The molecular formula is C20H28Cl2N2O3. The number of fused-ring (bicyclic) bond motifs is 1. The Balaban J connectivity index is 0.000000646.